The summed E-state index contributed by atoms with van der Waals surface area (Å²) >= 11 is 0. The zero-order valence-corrected chi connectivity index (χ0v) is 14.8. The lowest BCUT2D eigenvalue weighted by Gasteiger charge is -2.36. The average molecular weight is 332 g/mol. The van der Waals surface area contributed by atoms with Gasteiger partial charge in [-0.15, -0.1) is 0 Å². The molecule has 2 heterocycles. The van der Waals surface area contributed by atoms with Crippen molar-refractivity contribution in [3.05, 3.63) is 23.2 Å². The van der Waals surface area contributed by atoms with E-state index in [9.17, 15) is 9.59 Å². The van der Waals surface area contributed by atoms with Gasteiger partial charge in [0.05, 0.1) is 5.56 Å². The van der Waals surface area contributed by atoms with Gasteiger partial charge in [0.2, 0.25) is 5.91 Å². The van der Waals surface area contributed by atoms with Crippen LogP contribution in [-0.4, -0.2) is 35.3 Å². The normalized spacial score (nSPS) is 22.4. The highest BCUT2D eigenvalue weighted by Crippen LogP contribution is 2.24. The van der Waals surface area contributed by atoms with Crippen molar-refractivity contribution < 1.29 is 14.0 Å². The number of carbonyl (C=O) groups is 2. The number of nitrogens with one attached hydrogen (secondary N) is 1. The number of aryl methyl sites for hydroxylation is 2. The number of likely N-dealkylation sites (tertiary alicyclic amines) is 1. The molecule has 0 aromatic carbocycles. The largest absolute Gasteiger partial charge is 0.466 e. The number of piperidine rings is 1. The number of furan rings is 1. The lowest BCUT2D eigenvalue weighted by atomic mass is 9.94. The monoisotopic (exact) mass is 332 g/mol. The third kappa shape index (κ3) is 3.65. The number of amides is 2. The van der Waals surface area contributed by atoms with Gasteiger partial charge >= 0.3 is 0 Å². The van der Waals surface area contributed by atoms with Crippen LogP contribution in [0.2, 0.25) is 0 Å². The Morgan fingerprint density at radius 2 is 1.79 bits per heavy atom. The van der Waals surface area contributed by atoms with E-state index in [2.05, 4.69) is 5.32 Å². The fourth-order valence-electron chi connectivity index (χ4n) is 3.99. The van der Waals surface area contributed by atoms with Crippen LogP contribution in [0.4, 0.5) is 0 Å². The fraction of sp³-hybridized carbons (Fsp3) is 0.684. The van der Waals surface area contributed by atoms with Crippen molar-refractivity contribution in [3.63, 3.8) is 0 Å². The maximum Gasteiger partial charge on any atom is 0.258 e. The Bertz CT molecular complexity index is 602. The molecule has 1 N–H and O–H groups in total. The van der Waals surface area contributed by atoms with E-state index >= 15 is 0 Å². The number of carbonyl (C=O) groups excluding carboxylic acids is 2. The average Bonchev–Trinajstić information content (AvgIpc) is 2.93. The lowest BCUT2D eigenvalue weighted by molar-refractivity contribution is -0.127. The number of rotatable bonds is 3. The van der Waals surface area contributed by atoms with Crippen LogP contribution in [0.15, 0.2) is 10.5 Å². The molecule has 1 aliphatic heterocycles. The standard InChI is InChI=1S/C19H28N2O3/c1-13-12-16(14(2)24-13)19(23)21-11-7-6-10-17(21)18(22)20-15-8-4-3-5-9-15/h12,15,17H,3-11H2,1-2H3,(H,20,22). The third-order valence-electron chi connectivity index (χ3n) is 5.29. The number of nitrogens with zero attached hydrogens (tertiary/aromatic N) is 1. The summed E-state index contributed by atoms with van der Waals surface area (Å²) in [5.41, 5.74) is 0.588. The topological polar surface area (TPSA) is 62.6 Å². The lowest BCUT2D eigenvalue weighted by Crippen LogP contribution is -2.54. The quantitative estimate of drug-likeness (QED) is 0.923. The second-order valence-electron chi connectivity index (χ2n) is 7.18. The van der Waals surface area contributed by atoms with E-state index in [0.29, 0.717) is 17.9 Å². The SMILES string of the molecule is Cc1cc(C(=O)N2CCCCC2C(=O)NC2CCCCC2)c(C)o1. The van der Waals surface area contributed by atoms with E-state index in [1.54, 1.807) is 17.9 Å². The number of hydrogen-bond acceptors (Lipinski definition) is 3. The minimum atomic E-state index is -0.345. The summed E-state index contributed by atoms with van der Waals surface area (Å²) in [6.45, 7) is 4.29. The van der Waals surface area contributed by atoms with Crippen molar-refractivity contribution in [3.8, 4) is 0 Å². The first-order valence-corrected chi connectivity index (χ1v) is 9.24. The molecule has 2 amide bonds. The molecule has 0 radical (unpaired) electrons. The second-order valence-corrected chi connectivity index (χ2v) is 7.18. The highest BCUT2D eigenvalue weighted by molar-refractivity contribution is 5.98. The first-order chi connectivity index (χ1) is 11.6. The van der Waals surface area contributed by atoms with Gasteiger partial charge in [0.25, 0.3) is 5.91 Å². The molecule has 1 saturated heterocycles. The van der Waals surface area contributed by atoms with E-state index in [0.717, 1.165) is 37.9 Å². The van der Waals surface area contributed by atoms with Gasteiger partial charge in [0.1, 0.15) is 17.6 Å². The van der Waals surface area contributed by atoms with Gasteiger partial charge in [-0.05, 0) is 52.0 Å². The predicted molar refractivity (Wildman–Crippen MR) is 91.9 cm³/mol. The molecular weight excluding hydrogens is 304 g/mol. The second kappa shape index (κ2) is 7.41. The maximum atomic E-state index is 12.9. The molecule has 1 aromatic heterocycles. The molecule has 0 bridgehead atoms. The minimum absolute atomic E-state index is 0.0211. The first-order valence-electron chi connectivity index (χ1n) is 9.24. The van der Waals surface area contributed by atoms with E-state index in [-0.39, 0.29) is 23.9 Å². The van der Waals surface area contributed by atoms with Crippen LogP contribution in [-0.2, 0) is 4.79 Å². The summed E-state index contributed by atoms with van der Waals surface area (Å²) in [7, 11) is 0. The summed E-state index contributed by atoms with van der Waals surface area (Å²) in [6, 6.07) is 1.72. The summed E-state index contributed by atoms with van der Waals surface area (Å²) in [6.07, 6.45) is 8.46. The van der Waals surface area contributed by atoms with Crippen molar-refractivity contribution >= 4 is 11.8 Å². The van der Waals surface area contributed by atoms with Gasteiger partial charge in [-0.1, -0.05) is 19.3 Å². The van der Waals surface area contributed by atoms with E-state index in [1.807, 2.05) is 6.92 Å². The summed E-state index contributed by atoms with van der Waals surface area (Å²) < 4.78 is 5.50. The highest BCUT2D eigenvalue weighted by Gasteiger charge is 2.34. The Morgan fingerprint density at radius 1 is 1.08 bits per heavy atom. The van der Waals surface area contributed by atoms with E-state index in [1.165, 1.54) is 19.3 Å². The van der Waals surface area contributed by atoms with Crippen LogP contribution in [0.25, 0.3) is 0 Å². The molecular formula is C19H28N2O3. The van der Waals surface area contributed by atoms with Crippen LogP contribution in [0.5, 0.6) is 0 Å². The molecule has 5 heteroatoms. The molecule has 0 spiro atoms. The van der Waals surface area contributed by atoms with Crippen LogP contribution >= 0.6 is 0 Å². The molecule has 24 heavy (non-hydrogen) atoms. The van der Waals surface area contributed by atoms with Crippen molar-refractivity contribution in [2.24, 2.45) is 0 Å². The zero-order valence-electron chi connectivity index (χ0n) is 14.8. The van der Waals surface area contributed by atoms with Gasteiger partial charge in [-0.3, -0.25) is 9.59 Å². The summed E-state index contributed by atoms with van der Waals surface area (Å²) in [4.78, 5) is 27.5. The predicted octanol–water partition coefficient (Wildman–Crippen LogP) is 3.34. The number of hydrogen-bond donors (Lipinski definition) is 1. The van der Waals surface area contributed by atoms with E-state index in [4.69, 9.17) is 4.42 Å². The molecule has 5 nitrogen and oxygen atoms in total. The third-order valence-corrected chi connectivity index (χ3v) is 5.29. The van der Waals surface area contributed by atoms with Gasteiger partial charge in [-0.2, -0.15) is 0 Å². The molecule has 132 valence electrons. The first kappa shape index (κ1) is 17.1. The van der Waals surface area contributed by atoms with Crippen LogP contribution in [0.1, 0.15) is 73.2 Å². The Labute approximate surface area is 143 Å². The molecule has 1 unspecified atom stereocenters. The smallest absolute Gasteiger partial charge is 0.258 e. The van der Waals surface area contributed by atoms with Gasteiger partial charge in [0.15, 0.2) is 0 Å². The summed E-state index contributed by atoms with van der Waals surface area (Å²) in [5, 5.41) is 3.19. The molecule has 2 aliphatic rings. The van der Waals surface area contributed by atoms with Crippen LogP contribution < -0.4 is 5.32 Å². The van der Waals surface area contributed by atoms with Gasteiger partial charge in [-0.25, -0.2) is 0 Å². The Morgan fingerprint density at radius 3 is 2.46 bits per heavy atom. The van der Waals surface area contributed by atoms with Gasteiger partial charge < -0.3 is 14.6 Å². The van der Waals surface area contributed by atoms with Crippen molar-refractivity contribution in [1.82, 2.24) is 10.2 Å². The molecule has 2 fully saturated rings. The highest BCUT2D eigenvalue weighted by atomic mass is 16.3. The molecule has 1 saturated carbocycles. The van der Waals surface area contributed by atoms with Crippen molar-refractivity contribution in [2.45, 2.75) is 77.3 Å². The van der Waals surface area contributed by atoms with Crippen LogP contribution in [0, 0.1) is 13.8 Å². The Hall–Kier alpha value is -1.78. The summed E-state index contributed by atoms with van der Waals surface area (Å²) in [5.74, 6) is 1.31. The zero-order chi connectivity index (χ0) is 17.1. The molecule has 1 atom stereocenters. The van der Waals surface area contributed by atoms with Crippen molar-refractivity contribution in [1.29, 1.82) is 0 Å². The molecule has 1 aromatic rings. The van der Waals surface area contributed by atoms with Gasteiger partial charge in [0, 0.05) is 12.6 Å². The Balaban J connectivity index is 1.71. The maximum absolute atomic E-state index is 12.9. The van der Waals surface area contributed by atoms with Crippen LogP contribution in [0.3, 0.4) is 0 Å². The van der Waals surface area contributed by atoms with Crippen molar-refractivity contribution in [2.75, 3.05) is 6.54 Å². The molecule has 3 rings (SSSR count). The Kier molecular flexibility index (Phi) is 5.27. The molecule has 1 aliphatic carbocycles. The van der Waals surface area contributed by atoms with E-state index < -0.39 is 0 Å². The minimum Gasteiger partial charge on any atom is -0.466 e. The fourth-order valence-corrected chi connectivity index (χ4v) is 3.99.